The van der Waals surface area contributed by atoms with E-state index in [0.717, 1.165) is 35.0 Å². The normalized spacial score (nSPS) is 16.6. The molecule has 1 saturated heterocycles. The van der Waals surface area contributed by atoms with Crippen LogP contribution < -0.4 is 10.9 Å². The largest absolute Gasteiger partial charge is 0.507 e. The molecule has 3 heterocycles. The van der Waals surface area contributed by atoms with Gasteiger partial charge in [0.05, 0.1) is 5.60 Å². The first-order chi connectivity index (χ1) is 13.6. The van der Waals surface area contributed by atoms with Crippen LogP contribution in [0, 0.1) is 0 Å². The van der Waals surface area contributed by atoms with Crippen molar-refractivity contribution >= 4 is 32.3 Å². The molecule has 0 radical (unpaired) electrons. The molecular formula is C22H20N2O3S. The Hall–Kier alpha value is -2.67. The molecule has 4 N–H and O–H groups in total. The second-order valence-electron chi connectivity index (χ2n) is 7.36. The van der Waals surface area contributed by atoms with Crippen LogP contribution >= 0.6 is 11.3 Å². The molecule has 6 heteroatoms. The smallest absolute Gasteiger partial charge is 0.266 e. The van der Waals surface area contributed by atoms with Crippen molar-refractivity contribution < 1.29 is 10.2 Å². The number of phenols is 1. The van der Waals surface area contributed by atoms with Gasteiger partial charge in [0.2, 0.25) is 0 Å². The average Bonchev–Trinajstić information content (AvgIpc) is 3.20. The van der Waals surface area contributed by atoms with Crippen molar-refractivity contribution in [3.8, 4) is 16.9 Å². The number of pyridine rings is 1. The van der Waals surface area contributed by atoms with Crippen molar-refractivity contribution in [3.05, 3.63) is 63.8 Å². The Bertz CT molecular complexity index is 1230. The Morgan fingerprint density at radius 3 is 2.50 bits per heavy atom. The maximum absolute atomic E-state index is 12.3. The van der Waals surface area contributed by atoms with Gasteiger partial charge in [0.15, 0.2) is 0 Å². The highest BCUT2D eigenvalue weighted by Crippen LogP contribution is 2.40. The Balaban J connectivity index is 1.70. The van der Waals surface area contributed by atoms with Crippen LogP contribution in [-0.4, -0.2) is 28.3 Å². The molecule has 0 saturated carbocycles. The fourth-order valence-electron chi connectivity index (χ4n) is 4.21. The molecule has 1 fully saturated rings. The summed E-state index contributed by atoms with van der Waals surface area (Å²) in [6, 6.07) is 13.0. The van der Waals surface area contributed by atoms with Gasteiger partial charge in [-0.05, 0) is 60.6 Å². The quantitative estimate of drug-likeness (QED) is 0.419. The molecule has 0 aliphatic carbocycles. The molecule has 1 aliphatic heterocycles. The highest BCUT2D eigenvalue weighted by molar-refractivity contribution is 7.17. The van der Waals surface area contributed by atoms with E-state index in [2.05, 4.69) is 10.3 Å². The number of aromatic amines is 1. The number of benzene rings is 2. The zero-order valence-corrected chi connectivity index (χ0v) is 16.0. The van der Waals surface area contributed by atoms with Gasteiger partial charge in [-0.3, -0.25) is 4.79 Å². The van der Waals surface area contributed by atoms with E-state index in [1.54, 1.807) is 12.1 Å². The van der Waals surface area contributed by atoms with E-state index < -0.39 is 5.60 Å². The first-order valence-electron chi connectivity index (χ1n) is 9.36. The van der Waals surface area contributed by atoms with Crippen LogP contribution in [0.5, 0.6) is 5.75 Å². The van der Waals surface area contributed by atoms with Gasteiger partial charge < -0.3 is 20.5 Å². The summed E-state index contributed by atoms with van der Waals surface area (Å²) < 4.78 is 0.653. The molecule has 28 heavy (non-hydrogen) atoms. The van der Waals surface area contributed by atoms with Gasteiger partial charge in [0.1, 0.15) is 10.4 Å². The number of aliphatic hydroxyl groups is 1. The van der Waals surface area contributed by atoms with Crippen molar-refractivity contribution in [2.24, 2.45) is 0 Å². The number of nitrogens with one attached hydrogen (secondary N) is 2. The third kappa shape index (κ3) is 2.64. The van der Waals surface area contributed by atoms with Crippen molar-refractivity contribution in [2.75, 3.05) is 13.1 Å². The monoisotopic (exact) mass is 392 g/mol. The van der Waals surface area contributed by atoms with Gasteiger partial charge in [-0.25, -0.2) is 0 Å². The summed E-state index contributed by atoms with van der Waals surface area (Å²) in [5.41, 5.74) is 2.22. The molecule has 2 aromatic carbocycles. The maximum Gasteiger partial charge on any atom is 0.266 e. The molecule has 0 atom stereocenters. The lowest BCUT2D eigenvalue weighted by Crippen LogP contribution is -2.39. The molecule has 142 valence electrons. The highest BCUT2D eigenvalue weighted by Gasteiger charge is 2.31. The van der Waals surface area contributed by atoms with Crippen molar-refractivity contribution in [2.45, 2.75) is 18.4 Å². The summed E-state index contributed by atoms with van der Waals surface area (Å²) >= 11 is 1.39. The van der Waals surface area contributed by atoms with Crippen molar-refractivity contribution in [3.63, 3.8) is 0 Å². The first-order valence-corrected chi connectivity index (χ1v) is 10.2. The fourth-order valence-corrected chi connectivity index (χ4v) is 5.00. The summed E-state index contributed by atoms with van der Waals surface area (Å²) in [4.78, 5) is 15.2. The summed E-state index contributed by atoms with van der Waals surface area (Å²) in [7, 11) is 0. The number of fused-ring (bicyclic) bond motifs is 3. The maximum atomic E-state index is 12.3. The molecule has 5 rings (SSSR count). The Labute approximate surface area is 165 Å². The average molecular weight is 392 g/mol. The van der Waals surface area contributed by atoms with Crippen LogP contribution in [0.25, 0.3) is 32.1 Å². The van der Waals surface area contributed by atoms with Crippen molar-refractivity contribution in [1.82, 2.24) is 10.3 Å². The van der Waals surface area contributed by atoms with E-state index in [1.807, 2.05) is 35.7 Å². The Morgan fingerprint density at radius 1 is 1.00 bits per heavy atom. The van der Waals surface area contributed by atoms with Crippen LogP contribution in [0.4, 0.5) is 0 Å². The highest BCUT2D eigenvalue weighted by atomic mass is 32.1. The lowest BCUT2D eigenvalue weighted by atomic mass is 9.84. The molecule has 0 spiro atoms. The lowest BCUT2D eigenvalue weighted by Gasteiger charge is -2.33. The second-order valence-corrected chi connectivity index (χ2v) is 8.27. The molecule has 4 aromatic rings. The van der Waals surface area contributed by atoms with Gasteiger partial charge in [0.25, 0.3) is 5.56 Å². The predicted octanol–water partition coefficient (Wildman–Crippen LogP) is 3.69. The topological polar surface area (TPSA) is 85.4 Å². The number of phenolic OH excluding ortho intramolecular Hbond substituents is 1. The number of aromatic nitrogens is 1. The molecule has 0 bridgehead atoms. The van der Waals surface area contributed by atoms with Gasteiger partial charge in [0, 0.05) is 21.9 Å². The van der Waals surface area contributed by atoms with E-state index in [9.17, 15) is 15.0 Å². The molecule has 0 unspecified atom stereocenters. The van der Waals surface area contributed by atoms with Gasteiger partial charge in [-0.15, -0.1) is 11.3 Å². The van der Waals surface area contributed by atoms with Crippen molar-refractivity contribution in [1.29, 1.82) is 0 Å². The number of aromatic hydroxyl groups is 1. The molecule has 2 aromatic heterocycles. The number of thiophene rings is 1. The molecule has 5 nitrogen and oxygen atoms in total. The van der Waals surface area contributed by atoms with E-state index in [1.165, 1.54) is 11.3 Å². The summed E-state index contributed by atoms with van der Waals surface area (Å²) in [6.45, 7) is 1.59. The zero-order valence-electron chi connectivity index (χ0n) is 15.2. The van der Waals surface area contributed by atoms with Crippen LogP contribution in [-0.2, 0) is 5.60 Å². The minimum Gasteiger partial charge on any atom is -0.507 e. The van der Waals surface area contributed by atoms with E-state index in [-0.39, 0.29) is 11.3 Å². The fraction of sp³-hybridized carbons (Fsp3) is 0.227. The summed E-state index contributed by atoms with van der Waals surface area (Å²) in [6.07, 6.45) is 1.37. The number of piperidine rings is 1. The number of rotatable bonds is 2. The third-order valence-electron chi connectivity index (χ3n) is 5.71. The number of hydrogen-bond acceptors (Lipinski definition) is 5. The van der Waals surface area contributed by atoms with Crippen LogP contribution in [0.1, 0.15) is 18.4 Å². The third-order valence-corrected chi connectivity index (χ3v) is 6.63. The zero-order chi connectivity index (χ0) is 19.3. The van der Waals surface area contributed by atoms with Crippen LogP contribution in [0.15, 0.2) is 52.6 Å². The lowest BCUT2D eigenvalue weighted by molar-refractivity contribution is 0.00595. The van der Waals surface area contributed by atoms with E-state index in [0.29, 0.717) is 28.6 Å². The molecule has 0 amide bonds. The van der Waals surface area contributed by atoms with E-state index >= 15 is 0 Å². The second kappa shape index (κ2) is 6.44. The molecule has 1 aliphatic rings. The predicted molar refractivity (Wildman–Crippen MR) is 113 cm³/mol. The van der Waals surface area contributed by atoms with Crippen LogP contribution in [0.2, 0.25) is 0 Å². The van der Waals surface area contributed by atoms with Crippen LogP contribution in [0.3, 0.4) is 0 Å². The Kier molecular flexibility index (Phi) is 4.01. The SMILES string of the molecule is O=c1[nH]c2ccc(O)c(-c3ccc(C4(O)CCNCC4)cc3)c2c2ccsc12. The minimum atomic E-state index is -0.809. The number of hydrogen-bond donors (Lipinski definition) is 4. The standard InChI is InChI=1S/C22H20N2O3S/c25-17-6-5-16-19(15-7-12-28-20(15)21(26)24-16)18(17)13-1-3-14(4-2-13)22(27)8-10-23-11-9-22/h1-7,12,23,25,27H,8-11H2,(H,24,26). The van der Waals surface area contributed by atoms with Gasteiger partial charge in [-0.2, -0.15) is 0 Å². The molecular weight excluding hydrogens is 372 g/mol. The minimum absolute atomic E-state index is 0.113. The summed E-state index contributed by atoms with van der Waals surface area (Å²) in [5, 5.41) is 28.4. The van der Waals surface area contributed by atoms with Gasteiger partial charge in [-0.1, -0.05) is 24.3 Å². The van der Waals surface area contributed by atoms with E-state index in [4.69, 9.17) is 0 Å². The van der Waals surface area contributed by atoms with Gasteiger partial charge >= 0.3 is 0 Å². The first kappa shape index (κ1) is 17.4. The summed E-state index contributed by atoms with van der Waals surface area (Å²) in [5.74, 6) is 0.167. The Morgan fingerprint density at radius 2 is 1.75 bits per heavy atom. The number of H-pyrrole nitrogens is 1.